The van der Waals surface area contributed by atoms with Crippen LogP contribution in [-0.4, -0.2) is 18.4 Å². The van der Waals surface area contributed by atoms with Gasteiger partial charge in [0.25, 0.3) is 0 Å². The van der Waals surface area contributed by atoms with Gasteiger partial charge >= 0.3 is 0 Å². The Morgan fingerprint density at radius 3 is 2.22 bits per heavy atom. The van der Waals surface area contributed by atoms with Crippen molar-refractivity contribution in [3.63, 3.8) is 0 Å². The fourth-order valence-corrected chi connectivity index (χ4v) is 4.59. The van der Waals surface area contributed by atoms with Crippen LogP contribution in [-0.2, 0) is 15.4 Å². The predicted octanol–water partition coefficient (Wildman–Crippen LogP) is 2.42. The van der Waals surface area contributed by atoms with Crippen molar-refractivity contribution in [2.45, 2.75) is 21.9 Å². The van der Waals surface area contributed by atoms with Crippen LogP contribution >= 0.6 is 0 Å². The first-order chi connectivity index (χ1) is 12.9. The molecule has 7 heteroatoms. The van der Waals surface area contributed by atoms with Crippen molar-refractivity contribution in [3.05, 3.63) is 84.2 Å². The van der Waals surface area contributed by atoms with Crippen molar-refractivity contribution < 1.29 is 8.42 Å². The van der Waals surface area contributed by atoms with Crippen molar-refractivity contribution in [2.24, 2.45) is 11.5 Å². The molecule has 6 nitrogen and oxygen atoms in total. The molecule has 1 unspecified atom stereocenters. The molecule has 0 saturated carbocycles. The van der Waals surface area contributed by atoms with Crippen molar-refractivity contribution in [1.82, 2.24) is 9.97 Å². The third kappa shape index (κ3) is 3.01. The van der Waals surface area contributed by atoms with Gasteiger partial charge in [-0.05, 0) is 30.3 Å². The van der Waals surface area contributed by atoms with Crippen molar-refractivity contribution >= 4 is 20.9 Å². The first-order valence-electron chi connectivity index (χ1n) is 8.40. The molecule has 0 spiro atoms. The molecule has 1 heterocycles. The van der Waals surface area contributed by atoms with Gasteiger partial charge in [-0.2, -0.15) is 0 Å². The van der Waals surface area contributed by atoms with Gasteiger partial charge in [0.2, 0.25) is 9.84 Å². The molecule has 0 aliphatic heterocycles. The molecule has 1 aliphatic rings. The highest BCUT2D eigenvalue weighted by molar-refractivity contribution is 7.91. The zero-order chi connectivity index (χ0) is 19.1. The van der Waals surface area contributed by atoms with E-state index >= 15 is 0 Å². The molecule has 0 amide bonds. The van der Waals surface area contributed by atoms with E-state index in [-0.39, 0.29) is 22.0 Å². The van der Waals surface area contributed by atoms with E-state index in [9.17, 15) is 8.42 Å². The number of benzene rings is 2. The Bertz CT molecular complexity index is 1190. The third-order valence-corrected chi connectivity index (χ3v) is 6.17. The maximum Gasteiger partial charge on any atom is 0.225 e. The van der Waals surface area contributed by atoms with E-state index < -0.39 is 15.4 Å². The molecule has 136 valence electrons. The van der Waals surface area contributed by atoms with Gasteiger partial charge in [0, 0.05) is 12.1 Å². The SMILES string of the molecule is NC1=CC=CC(N)(c2nc3ccccc3nc2S(=O)(=O)c2ccccc2)C1. The van der Waals surface area contributed by atoms with Gasteiger partial charge in [-0.25, -0.2) is 18.4 Å². The van der Waals surface area contributed by atoms with Crippen molar-refractivity contribution in [2.75, 3.05) is 0 Å². The number of hydrogen-bond donors (Lipinski definition) is 2. The number of allylic oxidation sites excluding steroid dienone is 2. The quantitative estimate of drug-likeness (QED) is 0.724. The second-order valence-corrected chi connectivity index (χ2v) is 8.37. The number of nitrogens with zero attached hydrogens (tertiary/aromatic N) is 2. The number of sulfone groups is 1. The van der Waals surface area contributed by atoms with Crippen LogP contribution in [0.1, 0.15) is 12.1 Å². The van der Waals surface area contributed by atoms with E-state index in [0.717, 1.165) is 0 Å². The molecule has 3 aromatic rings. The Balaban J connectivity index is 2.02. The smallest absolute Gasteiger partial charge is 0.225 e. The highest BCUT2D eigenvalue weighted by Gasteiger charge is 2.37. The van der Waals surface area contributed by atoms with Gasteiger partial charge in [0.15, 0.2) is 5.03 Å². The van der Waals surface area contributed by atoms with Crippen LogP contribution in [0.15, 0.2) is 88.4 Å². The van der Waals surface area contributed by atoms with Crippen LogP contribution in [0, 0.1) is 0 Å². The summed E-state index contributed by atoms with van der Waals surface area (Å²) in [6.07, 6.45) is 5.43. The van der Waals surface area contributed by atoms with E-state index in [1.54, 1.807) is 54.6 Å². The molecular weight excluding hydrogens is 360 g/mol. The molecule has 4 rings (SSSR count). The van der Waals surface area contributed by atoms with E-state index in [4.69, 9.17) is 11.5 Å². The minimum absolute atomic E-state index is 0.141. The second-order valence-electron chi connectivity index (χ2n) is 6.50. The lowest BCUT2D eigenvalue weighted by atomic mass is 9.87. The van der Waals surface area contributed by atoms with Gasteiger partial charge in [-0.15, -0.1) is 0 Å². The standard InChI is InChI=1S/C20H18N4O2S/c21-14-7-6-12-20(22,13-14)18-19(24-17-11-5-4-10-16(17)23-18)27(25,26)15-8-2-1-3-9-15/h1-12H,13,21-22H2. The summed E-state index contributed by atoms with van der Waals surface area (Å²) >= 11 is 0. The molecule has 2 aromatic carbocycles. The predicted molar refractivity (Wildman–Crippen MR) is 103 cm³/mol. The maximum atomic E-state index is 13.3. The van der Waals surface area contributed by atoms with Gasteiger partial charge in [-0.3, -0.25) is 0 Å². The maximum absolute atomic E-state index is 13.3. The molecule has 1 aromatic heterocycles. The molecule has 4 N–H and O–H groups in total. The molecule has 0 bridgehead atoms. The molecule has 0 fully saturated rings. The summed E-state index contributed by atoms with van der Waals surface area (Å²) in [4.78, 5) is 9.18. The topological polar surface area (TPSA) is 112 Å². The fourth-order valence-electron chi connectivity index (χ4n) is 3.15. The summed E-state index contributed by atoms with van der Waals surface area (Å²) < 4.78 is 26.7. The Hall–Kier alpha value is -3.03. The Labute approximate surface area is 157 Å². The van der Waals surface area contributed by atoms with Gasteiger partial charge in [0.1, 0.15) is 5.69 Å². The van der Waals surface area contributed by atoms with Crippen LogP contribution in [0.5, 0.6) is 0 Å². The number of aromatic nitrogens is 2. The lowest BCUT2D eigenvalue weighted by Crippen LogP contribution is -2.40. The molecule has 0 radical (unpaired) electrons. The molecule has 27 heavy (non-hydrogen) atoms. The normalized spacial score (nSPS) is 19.8. The van der Waals surface area contributed by atoms with E-state index in [0.29, 0.717) is 16.7 Å². The number of rotatable bonds is 3. The molecule has 1 aliphatic carbocycles. The number of hydrogen-bond acceptors (Lipinski definition) is 6. The summed E-state index contributed by atoms with van der Waals surface area (Å²) in [5.74, 6) is 0. The van der Waals surface area contributed by atoms with Crippen LogP contribution < -0.4 is 11.5 Å². The van der Waals surface area contributed by atoms with Gasteiger partial charge < -0.3 is 11.5 Å². The first-order valence-corrected chi connectivity index (χ1v) is 9.89. The largest absolute Gasteiger partial charge is 0.402 e. The van der Waals surface area contributed by atoms with Crippen LogP contribution in [0.4, 0.5) is 0 Å². The van der Waals surface area contributed by atoms with Crippen LogP contribution in [0.3, 0.4) is 0 Å². The van der Waals surface area contributed by atoms with Crippen LogP contribution in [0.2, 0.25) is 0 Å². The lowest BCUT2D eigenvalue weighted by molar-refractivity contribution is 0.507. The van der Waals surface area contributed by atoms with Gasteiger partial charge in [0.05, 0.1) is 21.5 Å². The van der Waals surface area contributed by atoms with E-state index in [1.165, 1.54) is 12.1 Å². The first kappa shape index (κ1) is 17.4. The summed E-state index contributed by atoms with van der Waals surface area (Å²) in [5.41, 5.74) is 13.2. The average molecular weight is 378 g/mol. The molecular formula is C20H18N4O2S. The summed E-state index contributed by atoms with van der Waals surface area (Å²) in [6, 6.07) is 15.3. The van der Waals surface area contributed by atoms with Crippen molar-refractivity contribution in [1.29, 1.82) is 0 Å². The van der Waals surface area contributed by atoms with E-state index in [1.807, 2.05) is 6.07 Å². The summed E-state index contributed by atoms with van der Waals surface area (Å²) in [6.45, 7) is 0. The van der Waals surface area contributed by atoms with Crippen LogP contribution in [0.25, 0.3) is 11.0 Å². The summed E-state index contributed by atoms with van der Waals surface area (Å²) in [5, 5.41) is -0.144. The molecule has 0 saturated heterocycles. The minimum atomic E-state index is -3.91. The number of nitrogens with two attached hydrogens (primary N) is 2. The zero-order valence-corrected chi connectivity index (χ0v) is 15.2. The second kappa shape index (κ2) is 6.29. The number of fused-ring (bicyclic) bond motifs is 1. The zero-order valence-electron chi connectivity index (χ0n) is 14.4. The third-order valence-electron chi connectivity index (χ3n) is 4.49. The fraction of sp³-hybridized carbons (Fsp3) is 0.100. The highest BCUT2D eigenvalue weighted by atomic mass is 32.2. The minimum Gasteiger partial charge on any atom is -0.402 e. The Morgan fingerprint density at radius 1 is 0.926 bits per heavy atom. The monoisotopic (exact) mass is 378 g/mol. The number of para-hydroxylation sites is 2. The van der Waals surface area contributed by atoms with E-state index in [2.05, 4.69) is 9.97 Å². The van der Waals surface area contributed by atoms with Gasteiger partial charge in [-0.1, -0.05) is 42.5 Å². The Kier molecular flexibility index (Phi) is 4.05. The van der Waals surface area contributed by atoms with Crippen molar-refractivity contribution in [3.8, 4) is 0 Å². The Morgan fingerprint density at radius 2 is 1.56 bits per heavy atom. The average Bonchev–Trinajstić information content (AvgIpc) is 2.67. The lowest BCUT2D eigenvalue weighted by Gasteiger charge is -2.29. The summed E-state index contributed by atoms with van der Waals surface area (Å²) in [7, 11) is -3.91. The highest BCUT2D eigenvalue weighted by Crippen LogP contribution is 2.34. The molecule has 1 atom stereocenters.